The van der Waals surface area contributed by atoms with E-state index in [9.17, 15) is 14.7 Å². The van der Waals surface area contributed by atoms with Crippen LogP contribution in [0.25, 0.3) is 0 Å². The van der Waals surface area contributed by atoms with Crippen molar-refractivity contribution in [1.82, 2.24) is 30.4 Å². The van der Waals surface area contributed by atoms with Crippen molar-refractivity contribution < 1.29 is 14.7 Å². The Kier molecular flexibility index (Phi) is 6.81. The maximum Gasteiger partial charge on any atom is 0.313 e. The number of aromatic nitrogens is 4. The molecule has 29 heavy (non-hydrogen) atoms. The summed E-state index contributed by atoms with van der Waals surface area (Å²) in [4.78, 5) is 26.9. The lowest BCUT2D eigenvalue weighted by molar-refractivity contribution is -0.155. The van der Waals surface area contributed by atoms with E-state index in [1.807, 2.05) is 0 Å². The maximum absolute atomic E-state index is 12.6. The average molecular weight is 453 g/mol. The number of rotatable bonds is 9. The molecule has 0 saturated carbocycles. The van der Waals surface area contributed by atoms with Crippen molar-refractivity contribution in [3.05, 3.63) is 12.7 Å². The zero-order chi connectivity index (χ0) is 21.0. The van der Waals surface area contributed by atoms with Gasteiger partial charge in [0.2, 0.25) is 11.1 Å². The number of thiocarbonyl (C=S) groups is 1. The molecular weight excluding hydrogens is 432 g/mol. The molecule has 0 aliphatic carbocycles. The molecule has 0 spiro atoms. The number of hydrogen-bond donors (Lipinski definition) is 2. The lowest BCUT2D eigenvalue weighted by atomic mass is 9.89. The normalized spacial score (nSPS) is 25.5. The Morgan fingerprint density at radius 3 is 3.10 bits per heavy atom. The topological polar surface area (TPSA) is 113 Å². The quantitative estimate of drug-likeness (QED) is 0.182. The van der Waals surface area contributed by atoms with Crippen LogP contribution in [-0.2, 0) is 16.1 Å². The summed E-state index contributed by atoms with van der Waals surface area (Å²) >= 11 is 7.96. The number of aliphatic carboxylic acids is 1. The highest BCUT2D eigenvalue weighted by molar-refractivity contribution is 8.00. The van der Waals surface area contributed by atoms with Crippen LogP contribution in [0, 0.1) is 17.8 Å². The largest absolute Gasteiger partial charge is 0.481 e. The van der Waals surface area contributed by atoms with E-state index in [0.717, 1.165) is 6.42 Å². The first-order chi connectivity index (χ1) is 13.9. The van der Waals surface area contributed by atoms with Gasteiger partial charge in [0.25, 0.3) is 0 Å². The fourth-order valence-electron chi connectivity index (χ4n) is 3.07. The Morgan fingerprint density at radius 1 is 1.62 bits per heavy atom. The van der Waals surface area contributed by atoms with Crippen molar-refractivity contribution in [2.45, 2.75) is 36.0 Å². The fraction of sp³-hybridized carbons (Fsp3) is 0.529. The van der Waals surface area contributed by atoms with Gasteiger partial charge in [0.1, 0.15) is 23.4 Å². The minimum absolute atomic E-state index is 0.117. The number of hydrogen-bond acceptors (Lipinski definition) is 8. The lowest BCUT2D eigenvalue weighted by Crippen LogP contribution is -2.73. The van der Waals surface area contributed by atoms with E-state index < -0.39 is 17.4 Å². The molecule has 2 N–H and O–H groups in total. The van der Waals surface area contributed by atoms with Crippen LogP contribution >= 0.6 is 35.7 Å². The summed E-state index contributed by atoms with van der Waals surface area (Å²) in [5, 5.41) is 24.6. The van der Waals surface area contributed by atoms with Crippen LogP contribution in [0.5, 0.6) is 0 Å². The van der Waals surface area contributed by atoms with Crippen molar-refractivity contribution in [3.63, 3.8) is 0 Å². The summed E-state index contributed by atoms with van der Waals surface area (Å²) in [6.45, 7) is 4.01. The molecule has 0 bridgehead atoms. The van der Waals surface area contributed by atoms with Crippen LogP contribution in [0.3, 0.4) is 0 Å². The number of β-lactam (4-membered cyclic amide) rings is 1. The lowest BCUT2D eigenvalue weighted by Gasteiger charge is -2.54. The second kappa shape index (κ2) is 9.15. The van der Waals surface area contributed by atoms with Crippen LogP contribution < -0.4 is 5.32 Å². The fourth-order valence-corrected chi connectivity index (χ4v) is 6.06. The predicted molar refractivity (Wildman–Crippen MR) is 114 cm³/mol. The molecule has 1 aromatic heterocycles. The molecule has 2 unspecified atom stereocenters. The van der Waals surface area contributed by atoms with Crippen LogP contribution in [0.2, 0.25) is 0 Å². The van der Waals surface area contributed by atoms with Gasteiger partial charge in [-0.3, -0.25) is 9.59 Å². The van der Waals surface area contributed by atoms with E-state index in [4.69, 9.17) is 18.6 Å². The number of nitrogens with one attached hydrogen (secondary N) is 1. The van der Waals surface area contributed by atoms with Gasteiger partial charge in [0, 0.05) is 24.5 Å². The standard InChI is InChI=1S/C17H20N6O3S3/c1-3-5-6-11(27)18-12-13(24)22-8-17(15(25)26,9-28-14(12)22)10-29-16-19-20-21-23(16)7-4-2/h2-3,12,14H,1,5-10H2,(H,18,27)(H,25,26)/t12?,14-,17?/m1/s1. The number of carbonyl (C=O) groups is 2. The smallest absolute Gasteiger partial charge is 0.313 e. The van der Waals surface area contributed by atoms with Crippen LogP contribution in [0.15, 0.2) is 17.8 Å². The first-order valence-electron chi connectivity index (χ1n) is 8.80. The van der Waals surface area contributed by atoms with Crippen molar-refractivity contribution >= 4 is 52.6 Å². The van der Waals surface area contributed by atoms with Crippen molar-refractivity contribution in [1.29, 1.82) is 0 Å². The van der Waals surface area contributed by atoms with Crippen molar-refractivity contribution in [3.8, 4) is 12.3 Å². The number of carboxylic acid groups (broad SMARTS) is 1. The van der Waals surface area contributed by atoms with Gasteiger partial charge in [-0.25, -0.2) is 4.68 Å². The molecular formula is C17H20N6O3S3. The van der Waals surface area contributed by atoms with E-state index in [1.165, 1.54) is 28.2 Å². The molecule has 3 atom stereocenters. The van der Waals surface area contributed by atoms with Gasteiger partial charge < -0.3 is 15.3 Å². The number of tetrazole rings is 1. The zero-order valence-corrected chi connectivity index (χ0v) is 17.9. The summed E-state index contributed by atoms with van der Waals surface area (Å²) in [6, 6.07) is -0.403. The molecule has 9 nitrogen and oxygen atoms in total. The molecule has 0 aromatic carbocycles. The van der Waals surface area contributed by atoms with Gasteiger partial charge in [-0.15, -0.1) is 29.9 Å². The average Bonchev–Trinajstić information content (AvgIpc) is 3.16. The highest BCUT2D eigenvalue weighted by Crippen LogP contribution is 2.44. The second-order valence-electron chi connectivity index (χ2n) is 6.74. The molecule has 1 aromatic rings. The number of fused-ring (bicyclic) bond motifs is 1. The second-order valence-corrected chi connectivity index (χ2v) is 9.28. The molecule has 1 amide bonds. The number of terminal acetylenes is 1. The van der Waals surface area contributed by atoms with Crippen molar-refractivity contribution in [2.24, 2.45) is 5.41 Å². The van der Waals surface area contributed by atoms with Gasteiger partial charge in [-0.1, -0.05) is 36.0 Å². The van der Waals surface area contributed by atoms with Gasteiger partial charge in [-0.05, 0) is 16.8 Å². The minimum atomic E-state index is -1.09. The number of allylic oxidation sites excluding steroid dienone is 1. The molecule has 154 valence electrons. The van der Waals surface area contributed by atoms with E-state index in [-0.39, 0.29) is 30.1 Å². The van der Waals surface area contributed by atoms with Crippen molar-refractivity contribution in [2.75, 3.05) is 18.1 Å². The van der Waals surface area contributed by atoms with E-state index in [1.54, 1.807) is 11.0 Å². The Bertz CT molecular complexity index is 869. The number of nitrogens with zero attached hydrogens (tertiary/aromatic N) is 5. The summed E-state index contributed by atoms with van der Waals surface area (Å²) in [5.74, 6) is 1.98. The Hall–Kier alpha value is -2.10. The molecule has 2 aliphatic rings. The first-order valence-corrected chi connectivity index (χ1v) is 11.2. The van der Waals surface area contributed by atoms with E-state index in [2.05, 4.69) is 33.3 Å². The van der Waals surface area contributed by atoms with Gasteiger partial charge in [0.15, 0.2) is 0 Å². The third kappa shape index (κ3) is 4.41. The Labute approximate surface area is 182 Å². The van der Waals surface area contributed by atoms with E-state index >= 15 is 0 Å². The maximum atomic E-state index is 12.6. The first kappa shape index (κ1) is 21.6. The third-order valence-electron chi connectivity index (χ3n) is 4.71. The van der Waals surface area contributed by atoms with Gasteiger partial charge in [0.05, 0.1) is 4.99 Å². The molecule has 0 radical (unpaired) electrons. The number of carboxylic acids is 1. The Balaban J connectivity index is 1.63. The van der Waals surface area contributed by atoms with Crippen LogP contribution in [0.4, 0.5) is 0 Å². The SMILES string of the molecule is C#CCn1nnnc1SCC1(C(=O)O)CS[C@@H]2C(NC(=S)CCC=C)C(=O)N2C1. The number of amides is 1. The summed E-state index contributed by atoms with van der Waals surface area (Å²) in [5.41, 5.74) is -1.09. The van der Waals surface area contributed by atoms with Gasteiger partial charge >= 0.3 is 5.97 Å². The van der Waals surface area contributed by atoms with Crippen LogP contribution in [0.1, 0.15) is 12.8 Å². The molecule has 2 fully saturated rings. The van der Waals surface area contributed by atoms with Gasteiger partial charge in [-0.2, -0.15) is 0 Å². The molecule has 12 heteroatoms. The highest BCUT2D eigenvalue weighted by Gasteiger charge is 2.57. The summed E-state index contributed by atoms with van der Waals surface area (Å²) in [6.07, 6.45) is 8.45. The van der Waals surface area contributed by atoms with Crippen LogP contribution in [-0.4, -0.2) is 76.5 Å². The Morgan fingerprint density at radius 2 is 2.41 bits per heavy atom. The monoisotopic (exact) mass is 452 g/mol. The third-order valence-corrected chi connectivity index (χ3v) is 7.87. The number of thioether (sulfide) groups is 2. The molecule has 2 saturated heterocycles. The zero-order valence-electron chi connectivity index (χ0n) is 15.5. The molecule has 3 heterocycles. The summed E-state index contributed by atoms with van der Waals surface area (Å²) < 4.78 is 1.44. The minimum Gasteiger partial charge on any atom is -0.481 e. The number of carbonyl (C=O) groups excluding carboxylic acids is 1. The molecule has 3 rings (SSSR count). The predicted octanol–water partition coefficient (Wildman–Crippen LogP) is 0.636. The highest BCUT2D eigenvalue weighted by atomic mass is 32.2. The van der Waals surface area contributed by atoms with E-state index in [0.29, 0.717) is 22.3 Å². The summed E-state index contributed by atoms with van der Waals surface area (Å²) in [7, 11) is 0. The molecule has 2 aliphatic heterocycles.